The third-order valence-corrected chi connectivity index (χ3v) is 7.26. The number of carbonyl (C=O) groups is 3. The van der Waals surface area contributed by atoms with E-state index in [-0.39, 0.29) is 51.8 Å². The first kappa shape index (κ1) is 37.0. The van der Waals surface area contributed by atoms with Crippen molar-refractivity contribution < 1.29 is 68.5 Å². The molecule has 254 valence electrons. The summed E-state index contributed by atoms with van der Waals surface area (Å²) in [6.45, 7) is -1.46. The zero-order chi connectivity index (χ0) is 35.6. The van der Waals surface area contributed by atoms with E-state index in [0.717, 1.165) is 37.1 Å². The van der Waals surface area contributed by atoms with Crippen LogP contribution in [-0.2, 0) is 12.1 Å². The Labute approximate surface area is 265 Å². The van der Waals surface area contributed by atoms with Crippen molar-refractivity contribution in [2.45, 2.75) is 44.9 Å². The number of hydrogen-bond donors (Lipinski definition) is 0. The van der Waals surface area contributed by atoms with Crippen LogP contribution in [0.4, 0.5) is 45.2 Å². The predicted molar refractivity (Wildman–Crippen MR) is 147 cm³/mol. The molecule has 0 aliphatic rings. The van der Waals surface area contributed by atoms with Crippen LogP contribution in [0.2, 0.25) is 5.02 Å². The normalized spacial score (nSPS) is 12.2. The maximum Gasteiger partial charge on any atom is 0.435 e. The van der Waals surface area contributed by atoms with Gasteiger partial charge in [0, 0.05) is 24.1 Å². The molecule has 3 rings (SSSR count). The number of nitrogens with zero attached hydrogens (tertiary/aromatic N) is 1. The molecule has 47 heavy (non-hydrogen) atoms. The zero-order valence-electron chi connectivity index (χ0n) is 24.3. The highest BCUT2D eigenvalue weighted by Crippen LogP contribution is 2.54. The molecule has 7 nitrogen and oxygen atoms in total. The molecular weight excluding hydrogens is 677 g/mol. The van der Waals surface area contributed by atoms with E-state index in [2.05, 4.69) is 4.74 Å². The van der Waals surface area contributed by atoms with E-state index in [4.69, 9.17) is 16.3 Å². The highest BCUT2D eigenvalue weighted by Gasteiger charge is 2.73. The number of ketones is 1. The van der Waals surface area contributed by atoms with Crippen LogP contribution in [0.3, 0.4) is 0 Å². The fourth-order valence-corrected chi connectivity index (χ4v) is 4.97. The Hall–Kier alpha value is -4.47. The summed E-state index contributed by atoms with van der Waals surface area (Å²) in [5, 5.41) is 10.9. The first-order valence-electron chi connectivity index (χ1n) is 13.1. The van der Waals surface area contributed by atoms with Gasteiger partial charge in [0.1, 0.15) is 5.75 Å². The zero-order valence-corrected chi connectivity index (χ0v) is 25.0. The summed E-state index contributed by atoms with van der Waals surface area (Å²) in [6.07, 6.45) is -14.1. The molecule has 3 aromatic carbocycles. The Bertz CT molecular complexity index is 1680. The van der Waals surface area contributed by atoms with Gasteiger partial charge in [-0.1, -0.05) is 29.8 Å². The number of carbonyl (C=O) groups excluding carboxylic acids is 3. The highest BCUT2D eigenvalue weighted by molar-refractivity contribution is 6.35. The van der Waals surface area contributed by atoms with Gasteiger partial charge in [-0.2, -0.15) is 35.1 Å². The van der Waals surface area contributed by atoms with Crippen molar-refractivity contribution in [2.75, 3.05) is 18.6 Å². The fourth-order valence-electron chi connectivity index (χ4n) is 4.71. The van der Waals surface area contributed by atoms with Gasteiger partial charge in [0.15, 0.2) is 11.5 Å². The topological polar surface area (TPSA) is 96.0 Å². The number of Topliss-reactive ketones (excluding diaryl/α,β-unsaturated/α-hetero) is 1. The van der Waals surface area contributed by atoms with Gasteiger partial charge in [-0.05, 0) is 55.3 Å². The number of methoxy groups -OCH3 is 1. The largest absolute Gasteiger partial charge is 0.545 e. The second kappa shape index (κ2) is 13.7. The van der Waals surface area contributed by atoms with Crippen LogP contribution in [0.15, 0.2) is 48.5 Å². The van der Waals surface area contributed by atoms with Gasteiger partial charge in [0.2, 0.25) is 0 Å². The molecule has 3 aromatic rings. The maximum atomic E-state index is 14.8. The number of benzene rings is 3. The summed E-state index contributed by atoms with van der Waals surface area (Å²) in [5.41, 5.74) is -10.0. The summed E-state index contributed by atoms with van der Waals surface area (Å²) in [5.74, 6) is -4.86. The van der Waals surface area contributed by atoms with Crippen molar-refractivity contribution in [3.63, 3.8) is 0 Å². The molecule has 17 heteroatoms. The van der Waals surface area contributed by atoms with Crippen molar-refractivity contribution in [3.05, 3.63) is 86.9 Å². The average molecular weight is 699 g/mol. The van der Waals surface area contributed by atoms with Crippen LogP contribution < -0.4 is 19.5 Å². The van der Waals surface area contributed by atoms with Crippen LogP contribution in [0, 0.1) is 6.92 Å². The van der Waals surface area contributed by atoms with Gasteiger partial charge in [0.25, 0.3) is 5.91 Å². The smallest absolute Gasteiger partial charge is 0.435 e. The second-order valence-corrected chi connectivity index (χ2v) is 10.2. The van der Waals surface area contributed by atoms with Crippen LogP contribution in [0.5, 0.6) is 11.5 Å². The summed E-state index contributed by atoms with van der Waals surface area (Å²) < 4.78 is 131. The molecule has 0 atom stereocenters. The Morgan fingerprint density at radius 2 is 1.55 bits per heavy atom. The lowest BCUT2D eigenvalue weighted by Gasteiger charge is -2.31. The molecule has 0 aliphatic heterocycles. The predicted octanol–water partition coefficient (Wildman–Crippen LogP) is 7.00. The quantitative estimate of drug-likeness (QED) is 0.158. The Kier molecular flexibility index (Phi) is 10.8. The van der Waals surface area contributed by atoms with Gasteiger partial charge >= 0.3 is 24.6 Å². The maximum absolute atomic E-state index is 14.8. The van der Waals surface area contributed by atoms with Gasteiger partial charge in [-0.3, -0.25) is 9.59 Å². The van der Waals surface area contributed by atoms with Crippen LogP contribution in [0.25, 0.3) is 0 Å². The number of alkyl halides is 9. The van der Waals surface area contributed by atoms with E-state index < -0.39 is 71.2 Å². The molecule has 0 saturated heterocycles. The molecule has 0 saturated carbocycles. The van der Waals surface area contributed by atoms with Crippen molar-refractivity contribution in [2.24, 2.45) is 0 Å². The molecule has 0 bridgehead atoms. The number of hydrogen-bond acceptors (Lipinski definition) is 6. The van der Waals surface area contributed by atoms with Crippen LogP contribution in [0.1, 0.15) is 54.7 Å². The van der Waals surface area contributed by atoms with E-state index in [1.165, 1.54) is 25.1 Å². The third kappa shape index (κ3) is 7.26. The number of carboxylic acid groups (broad SMARTS) is 1. The van der Waals surface area contributed by atoms with Crippen molar-refractivity contribution >= 4 is 34.9 Å². The van der Waals surface area contributed by atoms with Crippen molar-refractivity contribution in [1.29, 1.82) is 0 Å². The summed E-state index contributed by atoms with van der Waals surface area (Å²) in [7, 11) is 1.11. The molecule has 1 amide bonds. The molecule has 0 N–H and O–H groups in total. The van der Waals surface area contributed by atoms with Crippen LogP contribution >= 0.6 is 11.6 Å². The third-order valence-electron chi connectivity index (χ3n) is 6.95. The van der Waals surface area contributed by atoms with E-state index in [1.807, 2.05) is 0 Å². The van der Waals surface area contributed by atoms with E-state index in [1.54, 1.807) is 0 Å². The van der Waals surface area contributed by atoms with E-state index >= 15 is 0 Å². The monoisotopic (exact) mass is 698 g/mol. The minimum absolute atomic E-state index is 0.0282. The standard InChI is InChI=1S/C30H23ClF9NO6/c1-4-41(25(43)17-9-8-15(26(44)45)11-20(17)31)21-7-5-6-18(24(21)46-3)22(42)13-19-14(2)10-16(12-23(19)47-27(32)33)28(34,29(35,36)37)30(38,39)40/h5-12,27H,4,13H2,1-3H3,(H,44,45)/p-1. The number of ether oxygens (including phenoxy) is 2. The van der Waals surface area contributed by atoms with E-state index in [9.17, 15) is 59.0 Å². The second-order valence-electron chi connectivity index (χ2n) is 9.79. The molecule has 0 radical (unpaired) electrons. The lowest BCUT2D eigenvalue weighted by Crippen LogP contribution is -2.50. The number of para-hydroxylation sites is 1. The Balaban J connectivity index is 2.11. The van der Waals surface area contributed by atoms with Gasteiger partial charge in [-0.15, -0.1) is 0 Å². The molecular formula is C30H22ClF9NO6-. The minimum atomic E-state index is -6.55. The number of rotatable bonds is 11. The molecule has 0 aliphatic carbocycles. The van der Waals surface area contributed by atoms with Gasteiger partial charge < -0.3 is 24.3 Å². The molecule has 0 spiro atoms. The fraction of sp³-hybridized carbons (Fsp3) is 0.300. The SMILES string of the molecule is CCN(C(=O)c1ccc(C(=O)[O-])cc1Cl)c1cccc(C(=O)Cc2c(C)cc(C(F)(C(F)(F)F)C(F)(F)F)cc2OC(F)F)c1OC. The minimum Gasteiger partial charge on any atom is -0.545 e. The number of carboxylic acids is 1. The van der Waals surface area contributed by atoms with Crippen LogP contribution in [-0.4, -0.2) is 50.3 Å². The number of halogens is 10. The van der Waals surface area contributed by atoms with Gasteiger partial charge in [-0.25, -0.2) is 4.39 Å². The first-order valence-corrected chi connectivity index (χ1v) is 13.5. The van der Waals surface area contributed by atoms with Gasteiger partial charge in [0.05, 0.1) is 34.9 Å². The Morgan fingerprint density at radius 1 is 0.936 bits per heavy atom. The summed E-state index contributed by atoms with van der Waals surface area (Å²) in [4.78, 5) is 39.1. The molecule has 0 fully saturated rings. The lowest BCUT2D eigenvalue weighted by molar-refractivity contribution is -0.348. The van der Waals surface area contributed by atoms with Crippen molar-refractivity contribution in [3.8, 4) is 11.5 Å². The first-order chi connectivity index (χ1) is 21.7. The number of anilines is 1. The number of aryl methyl sites for hydroxylation is 1. The summed E-state index contributed by atoms with van der Waals surface area (Å²) in [6, 6.07) is 6.94. The average Bonchev–Trinajstić information content (AvgIpc) is 2.96. The molecule has 0 heterocycles. The molecule has 0 unspecified atom stereocenters. The highest BCUT2D eigenvalue weighted by atomic mass is 35.5. The summed E-state index contributed by atoms with van der Waals surface area (Å²) >= 11 is 6.12. The number of amides is 1. The Morgan fingerprint density at radius 3 is 2.04 bits per heavy atom. The molecule has 0 aromatic heterocycles. The van der Waals surface area contributed by atoms with Crippen molar-refractivity contribution in [1.82, 2.24) is 0 Å². The number of aromatic carboxylic acids is 1. The van der Waals surface area contributed by atoms with E-state index in [0.29, 0.717) is 0 Å². The lowest BCUT2D eigenvalue weighted by atomic mass is 9.89.